The van der Waals surface area contributed by atoms with Crippen molar-refractivity contribution in [3.05, 3.63) is 34.1 Å². The molecule has 0 unspecified atom stereocenters. The van der Waals surface area contributed by atoms with Crippen molar-refractivity contribution < 1.29 is 9.18 Å². The number of rotatable bonds is 5. The molecule has 0 saturated heterocycles. The van der Waals surface area contributed by atoms with Crippen LogP contribution < -0.4 is 0 Å². The molecule has 0 amide bonds. The Bertz CT molecular complexity index is 425. The minimum atomic E-state index is -0.285. The smallest absolute Gasteiger partial charge is 0.137 e. The standard InChI is InChI=1S/C15H18BrFO/c16-13-6-8-15(17)12(9-13)10-14(18)7-5-11-3-1-2-4-11/h6,8-9,11H,1-5,7,10H2. The molecule has 0 aliphatic heterocycles. The Balaban J connectivity index is 1.84. The van der Waals surface area contributed by atoms with Gasteiger partial charge in [0, 0.05) is 17.3 Å². The number of halogens is 2. The Kier molecular flexibility index (Phi) is 4.93. The first-order valence-electron chi connectivity index (χ1n) is 6.61. The van der Waals surface area contributed by atoms with E-state index in [9.17, 15) is 9.18 Å². The second-order valence-corrected chi connectivity index (χ2v) is 6.06. The molecule has 1 aliphatic carbocycles. The zero-order chi connectivity index (χ0) is 13.0. The van der Waals surface area contributed by atoms with E-state index in [0.717, 1.165) is 16.8 Å². The molecule has 0 heterocycles. The van der Waals surface area contributed by atoms with Gasteiger partial charge < -0.3 is 0 Å². The fraction of sp³-hybridized carbons (Fsp3) is 0.533. The van der Waals surface area contributed by atoms with Crippen molar-refractivity contribution in [2.75, 3.05) is 0 Å². The minimum Gasteiger partial charge on any atom is -0.299 e. The molecule has 1 aromatic carbocycles. The van der Waals surface area contributed by atoms with Gasteiger partial charge in [-0.15, -0.1) is 0 Å². The van der Waals surface area contributed by atoms with Gasteiger partial charge in [0.1, 0.15) is 11.6 Å². The van der Waals surface area contributed by atoms with Crippen LogP contribution >= 0.6 is 15.9 Å². The van der Waals surface area contributed by atoms with Gasteiger partial charge in [0.15, 0.2) is 0 Å². The van der Waals surface area contributed by atoms with Gasteiger partial charge in [0.25, 0.3) is 0 Å². The lowest BCUT2D eigenvalue weighted by atomic mass is 9.97. The molecule has 0 spiro atoms. The van der Waals surface area contributed by atoms with Gasteiger partial charge in [-0.1, -0.05) is 41.6 Å². The lowest BCUT2D eigenvalue weighted by molar-refractivity contribution is -0.118. The summed E-state index contributed by atoms with van der Waals surface area (Å²) in [5.74, 6) is 0.590. The number of hydrogen-bond donors (Lipinski definition) is 0. The Hall–Kier alpha value is -0.700. The molecule has 0 aromatic heterocycles. The summed E-state index contributed by atoms with van der Waals surface area (Å²) in [7, 11) is 0. The Morgan fingerprint density at radius 2 is 2.06 bits per heavy atom. The van der Waals surface area contributed by atoms with E-state index in [0.29, 0.717) is 12.0 Å². The normalized spacial score (nSPS) is 16.1. The van der Waals surface area contributed by atoms with E-state index in [-0.39, 0.29) is 18.0 Å². The second-order valence-electron chi connectivity index (χ2n) is 5.14. The van der Waals surface area contributed by atoms with Crippen LogP contribution in [-0.4, -0.2) is 5.78 Å². The van der Waals surface area contributed by atoms with Crippen LogP contribution in [0.3, 0.4) is 0 Å². The minimum absolute atomic E-state index is 0.152. The van der Waals surface area contributed by atoms with E-state index in [2.05, 4.69) is 15.9 Å². The van der Waals surface area contributed by atoms with Gasteiger partial charge in [-0.2, -0.15) is 0 Å². The highest BCUT2D eigenvalue weighted by Crippen LogP contribution is 2.28. The molecule has 1 aliphatic rings. The third-order valence-electron chi connectivity index (χ3n) is 3.70. The van der Waals surface area contributed by atoms with Gasteiger partial charge in [-0.05, 0) is 36.1 Å². The van der Waals surface area contributed by atoms with E-state index < -0.39 is 0 Å². The molecular formula is C15H18BrFO. The van der Waals surface area contributed by atoms with E-state index in [1.165, 1.54) is 31.7 Å². The van der Waals surface area contributed by atoms with Crippen molar-refractivity contribution in [1.29, 1.82) is 0 Å². The van der Waals surface area contributed by atoms with Crippen molar-refractivity contribution >= 4 is 21.7 Å². The molecule has 0 radical (unpaired) electrons. The highest BCUT2D eigenvalue weighted by atomic mass is 79.9. The van der Waals surface area contributed by atoms with Crippen molar-refractivity contribution in [3.63, 3.8) is 0 Å². The molecule has 18 heavy (non-hydrogen) atoms. The zero-order valence-electron chi connectivity index (χ0n) is 10.4. The van der Waals surface area contributed by atoms with Crippen LogP contribution in [-0.2, 0) is 11.2 Å². The van der Waals surface area contributed by atoms with Gasteiger partial charge in [-0.3, -0.25) is 4.79 Å². The SMILES string of the molecule is O=C(CCC1CCCC1)Cc1cc(Br)ccc1F. The van der Waals surface area contributed by atoms with Gasteiger partial charge >= 0.3 is 0 Å². The molecule has 1 nitrogen and oxygen atoms in total. The summed E-state index contributed by atoms with van der Waals surface area (Å²) in [5, 5.41) is 0. The lowest BCUT2D eigenvalue weighted by Gasteiger charge is -2.08. The van der Waals surface area contributed by atoms with Gasteiger partial charge in [0.05, 0.1) is 0 Å². The molecule has 2 rings (SSSR count). The molecule has 1 aromatic rings. The molecular weight excluding hydrogens is 295 g/mol. The van der Waals surface area contributed by atoms with E-state index in [1.54, 1.807) is 12.1 Å². The number of hydrogen-bond acceptors (Lipinski definition) is 1. The van der Waals surface area contributed by atoms with Crippen LogP contribution in [0.15, 0.2) is 22.7 Å². The highest BCUT2D eigenvalue weighted by molar-refractivity contribution is 9.10. The largest absolute Gasteiger partial charge is 0.299 e. The predicted octanol–water partition coefficient (Wildman–Crippen LogP) is 4.67. The lowest BCUT2D eigenvalue weighted by Crippen LogP contribution is -2.07. The van der Waals surface area contributed by atoms with E-state index in [4.69, 9.17) is 0 Å². The summed E-state index contributed by atoms with van der Waals surface area (Å²) in [4.78, 5) is 11.9. The molecule has 0 atom stereocenters. The Labute approximate surface area is 116 Å². The van der Waals surface area contributed by atoms with Crippen molar-refractivity contribution in [1.82, 2.24) is 0 Å². The fourth-order valence-corrected chi connectivity index (χ4v) is 3.05. The number of benzene rings is 1. The maximum absolute atomic E-state index is 13.5. The highest BCUT2D eigenvalue weighted by Gasteiger charge is 2.16. The third kappa shape index (κ3) is 3.91. The zero-order valence-corrected chi connectivity index (χ0v) is 12.0. The topological polar surface area (TPSA) is 17.1 Å². The summed E-state index contributed by atoms with van der Waals surface area (Å²) in [6, 6.07) is 4.76. The summed E-state index contributed by atoms with van der Waals surface area (Å²) in [5.41, 5.74) is 0.501. The maximum atomic E-state index is 13.5. The predicted molar refractivity (Wildman–Crippen MR) is 74.0 cm³/mol. The number of Topliss-reactive ketones (excluding diaryl/α,β-unsaturated/α-hetero) is 1. The maximum Gasteiger partial charge on any atom is 0.137 e. The van der Waals surface area contributed by atoms with Crippen molar-refractivity contribution in [2.45, 2.75) is 44.9 Å². The van der Waals surface area contributed by atoms with E-state index >= 15 is 0 Å². The monoisotopic (exact) mass is 312 g/mol. The molecule has 3 heteroatoms. The molecule has 0 bridgehead atoms. The molecule has 98 valence electrons. The van der Waals surface area contributed by atoms with Gasteiger partial charge in [0.2, 0.25) is 0 Å². The quantitative estimate of drug-likeness (QED) is 0.772. The summed E-state index contributed by atoms with van der Waals surface area (Å²) < 4.78 is 14.3. The van der Waals surface area contributed by atoms with E-state index in [1.807, 2.05) is 0 Å². The summed E-state index contributed by atoms with van der Waals surface area (Å²) in [6.45, 7) is 0. The third-order valence-corrected chi connectivity index (χ3v) is 4.19. The molecule has 0 N–H and O–H groups in total. The van der Waals surface area contributed by atoms with Crippen molar-refractivity contribution in [3.8, 4) is 0 Å². The average Bonchev–Trinajstić information content (AvgIpc) is 2.84. The van der Waals surface area contributed by atoms with Crippen LogP contribution in [0, 0.1) is 11.7 Å². The summed E-state index contributed by atoms with van der Waals surface area (Å²) in [6.07, 6.45) is 6.93. The summed E-state index contributed by atoms with van der Waals surface area (Å²) >= 11 is 3.30. The Morgan fingerprint density at radius 3 is 2.78 bits per heavy atom. The first-order chi connectivity index (χ1) is 8.65. The number of carbonyl (C=O) groups excluding carboxylic acids is 1. The molecule has 1 fully saturated rings. The van der Waals surface area contributed by atoms with Gasteiger partial charge in [-0.25, -0.2) is 4.39 Å². The van der Waals surface area contributed by atoms with Crippen LogP contribution in [0.2, 0.25) is 0 Å². The molecule has 1 saturated carbocycles. The Morgan fingerprint density at radius 1 is 1.33 bits per heavy atom. The van der Waals surface area contributed by atoms with Crippen LogP contribution in [0.5, 0.6) is 0 Å². The number of carbonyl (C=O) groups is 1. The van der Waals surface area contributed by atoms with Crippen LogP contribution in [0.4, 0.5) is 4.39 Å². The average molecular weight is 313 g/mol. The fourth-order valence-electron chi connectivity index (χ4n) is 2.64. The first-order valence-corrected chi connectivity index (χ1v) is 7.40. The van der Waals surface area contributed by atoms with Crippen molar-refractivity contribution in [2.24, 2.45) is 5.92 Å². The van der Waals surface area contributed by atoms with Crippen LogP contribution in [0.25, 0.3) is 0 Å². The number of ketones is 1. The first kappa shape index (κ1) is 13.7. The van der Waals surface area contributed by atoms with Crippen LogP contribution in [0.1, 0.15) is 44.1 Å². The second kappa shape index (κ2) is 6.46.